The zero-order chi connectivity index (χ0) is 15.4. The molecule has 1 atom stereocenters. The van der Waals surface area contributed by atoms with E-state index in [1.54, 1.807) is 23.5 Å². The van der Waals surface area contributed by atoms with Gasteiger partial charge in [0, 0.05) is 0 Å². The Labute approximate surface area is 125 Å². The smallest absolute Gasteiger partial charge is 0.266 e. The summed E-state index contributed by atoms with van der Waals surface area (Å²) in [5.74, 6) is 1.82. The number of nitro groups is 1. The van der Waals surface area contributed by atoms with Crippen LogP contribution in [0.3, 0.4) is 0 Å². The van der Waals surface area contributed by atoms with Crippen molar-refractivity contribution in [3.63, 3.8) is 0 Å². The normalized spacial score (nSPS) is 18.1. The van der Waals surface area contributed by atoms with Crippen molar-refractivity contribution in [2.45, 2.75) is 13.1 Å². The van der Waals surface area contributed by atoms with Gasteiger partial charge in [-0.05, 0) is 24.3 Å². The molecule has 2 aromatic heterocycles. The lowest BCUT2D eigenvalue weighted by Crippen LogP contribution is -3.13. The number of hydrogen-bond donors (Lipinski definition) is 2. The Bertz CT molecular complexity index is 637. The van der Waals surface area contributed by atoms with Gasteiger partial charge < -0.3 is 8.83 Å². The molecule has 0 spiro atoms. The molecule has 0 amide bonds. The van der Waals surface area contributed by atoms with Crippen molar-refractivity contribution in [3.8, 4) is 0 Å². The third kappa shape index (κ3) is 3.44. The highest BCUT2D eigenvalue weighted by Crippen LogP contribution is 2.06. The number of quaternary nitrogens is 1. The molecule has 2 N–H and O–H groups in total. The molecular weight excluding hydrogens is 290 g/mol. The average molecular weight is 306 g/mol. The molecule has 1 aliphatic rings. The lowest BCUT2D eigenvalue weighted by molar-refractivity contribution is -0.925. The minimum Gasteiger partial charge on any atom is -0.467 e. The first-order chi connectivity index (χ1) is 10.7. The summed E-state index contributed by atoms with van der Waals surface area (Å²) >= 11 is 0. The van der Waals surface area contributed by atoms with E-state index < -0.39 is 5.03 Å². The number of guanidine groups is 1. The van der Waals surface area contributed by atoms with Crippen molar-refractivity contribution in [1.29, 1.82) is 0 Å². The van der Waals surface area contributed by atoms with Crippen LogP contribution in [0.2, 0.25) is 0 Å². The molecule has 0 aromatic carbocycles. The van der Waals surface area contributed by atoms with Crippen LogP contribution in [-0.4, -0.2) is 29.2 Å². The van der Waals surface area contributed by atoms with Gasteiger partial charge in [0.2, 0.25) is 0 Å². The number of aliphatic imine (C=N–C) groups is 1. The number of furan rings is 2. The van der Waals surface area contributed by atoms with Gasteiger partial charge in [0.1, 0.15) is 12.3 Å². The van der Waals surface area contributed by atoms with Gasteiger partial charge in [0.15, 0.2) is 24.1 Å². The first-order valence-electron chi connectivity index (χ1n) is 6.79. The van der Waals surface area contributed by atoms with E-state index in [-0.39, 0.29) is 5.96 Å². The summed E-state index contributed by atoms with van der Waals surface area (Å²) in [6.07, 6.45) is 3.20. The van der Waals surface area contributed by atoms with Gasteiger partial charge in [0.25, 0.3) is 5.96 Å². The minimum atomic E-state index is -0.606. The Balaban J connectivity index is 1.71. The first-order valence-corrected chi connectivity index (χ1v) is 6.79. The van der Waals surface area contributed by atoms with Gasteiger partial charge in [0.05, 0.1) is 19.1 Å². The van der Waals surface area contributed by atoms with Gasteiger partial charge >= 0.3 is 0 Å². The van der Waals surface area contributed by atoms with E-state index in [1.807, 2.05) is 18.2 Å². The lowest BCUT2D eigenvalue weighted by atomic mass is 10.4. The Morgan fingerprint density at radius 2 is 2.05 bits per heavy atom. The predicted octanol–water partition coefficient (Wildman–Crippen LogP) is -0.174. The number of nitrogens with one attached hydrogen (secondary N) is 2. The van der Waals surface area contributed by atoms with Crippen LogP contribution in [-0.2, 0) is 13.1 Å². The molecule has 1 aliphatic heterocycles. The molecule has 1 unspecified atom stereocenters. The first kappa shape index (κ1) is 14.1. The summed E-state index contributed by atoms with van der Waals surface area (Å²) in [6.45, 7) is 2.07. The predicted molar refractivity (Wildman–Crippen MR) is 74.9 cm³/mol. The van der Waals surface area contributed by atoms with Crippen molar-refractivity contribution in [2.24, 2.45) is 4.99 Å². The van der Waals surface area contributed by atoms with E-state index in [0.717, 1.165) is 16.4 Å². The summed E-state index contributed by atoms with van der Waals surface area (Å²) < 4.78 is 10.6. The fourth-order valence-electron chi connectivity index (χ4n) is 2.36. The van der Waals surface area contributed by atoms with Crippen molar-refractivity contribution < 1.29 is 18.8 Å². The maximum atomic E-state index is 10.7. The van der Waals surface area contributed by atoms with E-state index in [0.29, 0.717) is 26.4 Å². The molecule has 3 rings (SSSR count). The van der Waals surface area contributed by atoms with Crippen LogP contribution in [0.1, 0.15) is 11.5 Å². The summed E-state index contributed by atoms with van der Waals surface area (Å²) in [5.41, 5.74) is 2.14. The third-order valence-corrected chi connectivity index (χ3v) is 3.29. The molecule has 2 aromatic rings. The van der Waals surface area contributed by atoms with Gasteiger partial charge in [-0.3, -0.25) is 9.80 Å². The lowest BCUT2D eigenvalue weighted by Gasteiger charge is -2.30. The maximum Gasteiger partial charge on any atom is 0.266 e. The summed E-state index contributed by atoms with van der Waals surface area (Å²) in [5, 5.41) is 10.1. The van der Waals surface area contributed by atoms with Crippen molar-refractivity contribution >= 4 is 5.96 Å². The van der Waals surface area contributed by atoms with Crippen molar-refractivity contribution in [1.82, 2.24) is 10.3 Å². The van der Waals surface area contributed by atoms with E-state index in [1.165, 1.54) is 0 Å². The van der Waals surface area contributed by atoms with Crippen LogP contribution in [0.25, 0.3) is 0 Å². The van der Waals surface area contributed by atoms with Gasteiger partial charge in [-0.25, -0.2) is 10.1 Å². The van der Waals surface area contributed by atoms with Crippen LogP contribution in [0.4, 0.5) is 0 Å². The molecule has 0 saturated carbocycles. The number of hydrogen-bond acceptors (Lipinski definition) is 6. The van der Waals surface area contributed by atoms with Gasteiger partial charge in [-0.2, -0.15) is 4.99 Å². The maximum absolute atomic E-state index is 10.7. The molecule has 9 heteroatoms. The highest BCUT2D eigenvalue weighted by molar-refractivity contribution is 5.78. The zero-order valence-corrected chi connectivity index (χ0v) is 11.8. The second-order valence-electron chi connectivity index (χ2n) is 4.95. The Morgan fingerprint density at radius 3 is 2.68 bits per heavy atom. The van der Waals surface area contributed by atoms with Gasteiger partial charge in [-0.1, -0.05) is 5.43 Å². The van der Waals surface area contributed by atoms with Crippen molar-refractivity contribution in [3.05, 3.63) is 58.4 Å². The SMILES string of the molecule is O=[N+]([O-])NC1=NC[NH+](Cc2ccco2)CN1Cc1ccco1. The van der Waals surface area contributed by atoms with Crippen LogP contribution in [0.5, 0.6) is 0 Å². The number of hydrazine groups is 1. The standard InChI is InChI=1S/C13H15N5O4/c19-18(20)15-13-14-9-16(7-11-3-1-5-21-11)10-17(13)8-12-4-2-6-22-12/h1-6H,7-10H2,(H,14,15)/p+1. The zero-order valence-electron chi connectivity index (χ0n) is 11.8. The Hall–Kier alpha value is -2.81. The van der Waals surface area contributed by atoms with E-state index in [9.17, 15) is 10.1 Å². The third-order valence-electron chi connectivity index (χ3n) is 3.29. The minimum absolute atomic E-state index is 0.240. The summed E-state index contributed by atoms with van der Waals surface area (Å²) in [4.78, 5) is 17.9. The number of rotatable bonds is 5. The second-order valence-corrected chi connectivity index (χ2v) is 4.95. The van der Waals surface area contributed by atoms with Crippen LogP contribution in [0, 0.1) is 10.1 Å². The van der Waals surface area contributed by atoms with E-state index >= 15 is 0 Å². The molecular formula is C13H16N5O4+. The molecule has 0 saturated heterocycles. The highest BCUT2D eigenvalue weighted by atomic mass is 16.7. The van der Waals surface area contributed by atoms with Crippen LogP contribution in [0.15, 0.2) is 50.6 Å². The number of nitrogens with zero attached hydrogens (tertiary/aromatic N) is 3. The Kier molecular flexibility index (Phi) is 4.05. The largest absolute Gasteiger partial charge is 0.467 e. The fourth-order valence-corrected chi connectivity index (χ4v) is 2.36. The van der Waals surface area contributed by atoms with Crippen LogP contribution < -0.4 is 10.3 Å². The quantitative estimate of drug-likeness (QED) is 0.587. The molecule has 9 nitrogen and oxygen atoms in total. The average Bonchev–Trinajstić information content (AvgIpc) is 3.15. The van der Waals surface area contributed by atoms with Crippen molar-refractivity contribution in [2.75, 3.05) is 13.3 Å². The monoisotopic (exact) mass is 306 g/mol. The van der Waals surface area contributed by atoms with E-state index in [2.05, 4.69) is 10.4 Å². The van der Waals surface area contributed by atoms with Gasteiger partial charge in [-0.15, -0.1) is 0 Å². The Morgan fingerprint density at radius 1 is 1.32 bits per heavy atom. The molecule has 0 bridgehead atoms. The summed E-state index contributed by atoms with van der Waals surface area (Å²) in [6, 6.07) is 7.34. The van der Waals surface area contributed by atoms with E-state index in [4.69, 9.17) is 8.83 Å². The molecule has 116 valence electrons. The van der Waals surface area contributed by atoms with Crippen LogP contribution >= 0.6 is 0 Å². The highest BCUT2D eigenvalue weighted by Gasteiger charge is 2.27. The summed E-state index contributed by atoms with van der Waals surface area (Å²) in [7, 11) is 0. The molecule has 0 radical (unpaired) electrons. The second kappa shape index (κ2) is 6.31. The molecule has 0 fully saturated rings. The fraction of sp³-hybridized carbons (Fsp3) is 0.308. The topological polar surface area (TPSA) is 101 Å². The molecule has 0 aliphatic carbocycles. The molecule has 22 heavy (non-hydrogen) atoms. The molecule has 3 heterocycles.